The molecule has 1 N–H and O–H groups in total. The van der Waals surface area contributed by atoms with Gasteiger partial charge < -0.3 is 24.4 Å². The number of carbonyl (C=O) groups is 2. The summed E-state index contributed by atoms with van der Waals surface area (Å²) >= 11 is 7.12. The molecule has 7 nitrogen and oxygen atoms in total. The van der Waals surface area contributed by atoms with E-state index < -0.39 is 5.97 Å². The van der Waals surface area contributed by atoms with Crippen LogP contribution in [0.4, 0.5) is 5.69 Å². The number of hydrogen-bond acceptors (Lipinski definition) is 7. The number of methoxy groups -OCH3 is 1. The van der Waals surface area contributed by atoms with Crippen LogP contribution in [0.2, 0.25) is 4.47 Å². The van der Waals surface area contributed by atoms with E-state index >= 15 is 0 Å². The van der Waals surface area contributed by atoms with Crippen molar-refractivity contribution in [1.82, 2.24) is 9.38 Å². The fourth-order valence-corrected chi connectivity index (χ4v) is 4.45. The van der Waals surface area contributed by atoms with E-state index in [0.29, 0.717) is 33.7 Å². The van der Waals surface area contributed by atoms with Crippen LogP contribution >= 0.6 is 22.9 Å². The maximum atomic E-state index is 13.3. The summed E-state index contributed by atoms with van der Waals surface area (Å²) in [6.07, 6.45) is 3.39. The number of pyridine rings is 1. The standard InChI is InChI=1S/C22H18ClN3O4S/c1-12-18(26-8-4-3-5-17(26)20(12)30-2)19(27)13-6-7-16(15(9-13)21(28)29)24-10-14-11-25-22(23)31-14/h3-9,11,24H,10H2,1-2H3,(H,28,29)/p-1. The van der Waals surface area contributed by atoms with Crippen molar-refractivity contribution in [2.24, 2.45) is 0 Å². The molecule has 0 saturated carbocycles. The van der Waals surface area contributed by atoms with Crippen molar-refractivity contribution in [2.75, 3.05) is 12.4 Å². The van der Waals surface area contributed by atoms with E-state index in [-0.39, 0.29) is 16.9 Å². The first-order valence-electron chi connectivity index (χ1n) is 9.28. The second kappa shape index (κ2) is 8.41. The van der Waals surface area contributed by atoms with Gasteiger partial charge in [-0.2, -0.15) is 0 Å². The fraction of sp³-hybridized carbons (Fsp3) is 0.136. The molecule has 3 aromatic heterocycles. The molecule has 0 unspecified atom stereocenters. The SMILES string of the molecule is COc1c(C)c(C(=O)c2ccc(NCc3cnc(Cl)s3)c(C(=O)[O-])c2)n2ccccc12. The number of anilines is 1. The third-order valence-electron chi connectivity index (χ3n) is 4.93. The molecule has 4 rings (SSSR count). The topological polar surface area (TPSA) is 95.8 Å². The maximum absolute atomic E-state index is 13.3. The van der Waals surface area contributed by atoms with Crippen LogP contribution in [0.3, 0.4) is 0 Å². The highest BCUT2D eigenvalue weighted by atomic mass is 35.5. The van der Waals surface area contributed by atoms with Crippen LogP contribution in [0.25, 0.3) is 5.52 Å². The van der Waals surface area contributed by atoms with Gasteiger partial charge in [0.05, 0.1) is 25.1 Å². The van der Waals surface area contributed by atoms with Crippen molar-refractivity contribution in [3.63, 3.8) is 0 Å². The molecule has 9 heteroatoms. The van der Waals surface area contributed by atoms with Crippen LogP contribution in [0.1, 0.15) is 36.9 Å². The first kappa shape index (κ1) is 20.9. The van der Waals surface area contributed by atoms with Crippen LogP contribution in [0.15, 0.2) is 48.8 Å². The highest BCUT2D eigenvalue weighted by Gasteiger charge is 2.23. The summed E-state index contributed by atoms with van der Waals surface area (Å²) in [5.41, 5.74) is 2.32. The van der Waals surface area contributed by atoms with E-state index in [1.54, 1.807) is 43.0 Å². The lowest BCUT2D eigenvalue weighted by Crippen LogP contribution is -2.24. The highest BCUT2D eigenvalue weighted by molar-refractivity contribution is 7.15. The maximum Gasteiger partial charge on any atom is 0.210 e. The van der Waals surface area contributed by atoms with Crippen LogP contribution in [0, 0.1) is 6.92 Å². The Morgan fingerprint density at radius 2 is 2.10 bits per heavy atom. The summed E-state index contributed by atoms with van der Waals surface area (Å²) < 4.78 is 7.63. The summed E-state index contributed by atoms with van der Waals surface area (Å²) in [5.74, 6) is -1.09. The molecule has 0 amide bonds. The molecule has 0 aliphatic carbocycles. The quantitative estimate of drug-likeness (QED) is 0.429. The average molecular weight is 455 g/mol. The van der Waals surface area contributed by atoms with E-state index in [2.05, 4.69) is 10.3 Å². The number of aromatic nitrogens is 2. The first-order valence-corrected chi connectivity index (χ1v) is 10.5. The molecular formula is C22H17ClN3O4S-. The Morgan fingerprint density at radius 3 is 2.77 bits per heavy atom. The number of fused-ring (bicyclic) bond motifs is 1. The van der Waals surface area contributed by atoms with Crippen LogP contribution in [-0.2, 0) is 6.54 Å². The first-order chi connectivity index (χ1) is 14.9. The Hall–Kier alpha value is -3.36. The van der Waals surface area contributed by atoms with Gasteiger partial charge in [-0.05, 0) is 37.3 Å². The van der Waals surface area contributed by atoms with Gasteiger partial charge in [0.2, 0.25) is 5.78 Å². The molecule has 0 radical (unpaired) electrons. The fourth-order valence-electron chi connectivity index (χ4n) is 3.53. The Morgan fingerprint density at radius 1 is 1.29 bits per heavy atom. The molecule has 0 fully saturated rings. The number of benzene rings is 1. The number of carboxylic acids is 1. The van der Waals surface area contributed by atoms with Gasteiger partial charge in [0.1, 0.15) is 11.4 Å². The number of hydrogen-bond donors (Lipinski definition) is 1. The van der Waals surface area contributed by atoms with Crippen molar-refractivity contribution >= 4 is 45.9 Å². The lowest BCUT2D eigenvalue weighted by molar-refractivity contribution is -0.254. The smallest absolute Gasteiger partial charge is 0.210 e. The van der Waals surface area contributed by atoms with Crippen molar-refractivity contribution in [3.8, 4) is 5.75 Å². The number of ketones is 1. The van der Waals surface area contributed by atoms with E-state index in [1.807, 2.05) is 18.2 Å². The lowest BCUT2D eigenvalue weighted by Gasteiger charge is -2.14. The van der Waals surface area contributed by atoms with Gasteiger partial charge in [0.25, 0.3) is 0 Å². The summed E-state index contributed by atoms with van der Waals surface area (Å²) in [5, 5.41) is 14.8. The van der Waals surface area contributed by atoms with E-state index in [0.717, 1.165) is 10.4 Å². The largest absolute Gasteiger partial charge is 0.545 e. The van der Waals surface area contributed by atoms with Crippen molar-refractivity contribution in [1.29, 1.82) is 0 Å². The normalized spacial score (nSPS) is 10.9. The number of halogens is 1. The zero-order valence-corrected chi connectivity index (χ0v) is 18.2. The van der Waals surface area contributed by atoms with Gasteiger partial charge in [-0.25, -0.2) is 4.98 Å². The predicted molar refractivity (Wildman–Crippen MR) is 117 cm³/mol. The van der Waals surface area contributed by atoms with Gasteiger partial charge in [-0.15, -0.1) is 11.3 Å². The van der Waals surface area contributed by atoms with Gasteiger partial charge in [0.15, 0.2) is 4.47 Å². The van der Waals surface area contributed by atoms with Gasteiger partial charge in [0, 0.05) is 39.6 Å². The number of carboxylic acid groups (broad SMARTS) is 1. The Balaban J connectivity index is 1.71. The minimum absolute atomic E-state index is 0.105. The van der Waals surface area contributed by atoms with Crippen molar-refractivity contribution < 1.29 is 19.4 Å². The molecule has 0 saturated heterocycles. The van der Waals surface area contributed by atoms with E-state index in [9.17, 15) is 14.7 Å². The summed E-state index contributed by atoms with van der Waals surface area (Å²) in [4.78, 5) is 29.9. The van der Waals surface area contributed by atoms with Crippen LogP contribution < -0.4 is 15.2 Å². The lowest BCUT2D eigenvalue weighted by atomic mass is 10.0. The Kier molecular flexibility index (Phi) is 5.67. The number of nitrogens with one attached hydrogen (secondary N) is 1. The molecule has 0 aliphatic rings. The van der Waals surface area contributed by atoms with Gasteiger partial charge in [-0.3, -0.25) is 4.79 Å². The monoisotopic (exact) mass is 454 g/mol. The third-order valence-corrected chi connectivity index (χ3v) is 6.04. The van der Waals surface area contributed by atoms with Crippen LogP contribution in [-0.4, -0.2) is 28.2 Å². The molecule has 1 aromatic carbocycles. The summed E-state index contributed by atoms with van der Waals surface area (Å²) in [6, 6.07) is 10.0. The predicted octanol–water partition coefficient (Wildman–Crippen LogP) is 3.57. The van der Waals surface area contributed by atoms with Gasteiger partial charge in [-0.1, -0.05) is 17.7 Å². The van der Waals surface area contributed by atoms with Crippen molar-refractivity contribution in [2.45, 2.75) is 13.5 Å². The molecule has 0 aliphatic heterocycles. The second-order valence-corrected chi connectivity index (χ2v) is 8.47. The zero-order valence-electron chi connectivity index (χ0n) is 16.6. The molecule has 3 heterocycles. The van der Waals surface area contributed by atoms with E-state index in [1.165, 1.54) is 17.4 Å². The van der Waals surface area contributed by atoms with E-state index in [4.69, 9.17) is 16.3 Å². The number of nitrogens with zero attached hydrogens (tertiary/aromatic N) is 2. The number of carbonyl (C=O) groups excluding carboxylic acids is 2. The molecular weight excluding hydrogens is 438 g/mol. The Labute approximate surface area is 186 Å². The number of thiazole rings is 1. The number of rotatable bonds is 7. The summed E-state index contributed by atoms with van der Waals surface area (Å²) in [7, 11) is 1.55. The minimum atomic E-state index is -1.38. The zero-order chi connectivity index (χ0) is 22.1. The van der Waals surface area contributed by atoms with Gasteiger partial charge >= 0.3 is 0 Å². The molecule has 0 spiro atoms. The number of ether oxygens (including phenoxy) is 1. The van der Waals surface area contributed by atoms with Crippen LogP contribution in [0.5, 0.6) is 5.75 Å². The average Bonchev–Trinajstić information content (AvgIpc) is 3.31. The second-order valence-electron chi connectivity index (χ2n) is 6.77. The van der Waals surface area contributed by atoms with Crippen molar-refractivity contribution in [3.05, 3.63) is 80.5 Å². The molecule has 158 valence electrons. The molecule has 0 bridgehead atoms. The Bertz CT molecular complexity index is 1310. The molecule has 4 aromatic rings. The molecule has 0 atom stereocenters. The minimum Gasteiger partial charge on any atom is -0.545 e. The highest BCUT2D eigenvalue weighted by Crippen LogP contribution is 2.32. The third kappa shape index (κ3) is 3.87. The molecule has 31 heavy (non-hydrogen) atoms. The summed E-state index contributed by atoms with van der Waals surface area (Å²) in [6.45, 7) is 2.15. The number of aromatic carboxylic acids is 1.